The number of hydrogen-bond acceptors (Lipinski definition) is 2. The van der Waals surface area contributed by atoms with Gasteiger partial charge < -0.3 is 4.79 Å². The highest BCUT2D eigenvalue weighted by Gasteiger charge is 2.30. The first kappa shape index (κ1) is 9.13. The summed E-state index contributed by atoms with van der Waals surface area (Å²) in [5.74, 6) is 0.0272. The summed E-state index contributed by atoms with van der Waals surface area (Å²) in [6.45, 7) is 2.01. The predicted molar refractivity (Wildman–Crippen MR) is 53.4 cm³/mol. The minimum atomic E-state index is -0.108. The first-order chi connectivity index (χ1) is 6.74. The molecule has 1 unspecified atom stereocenters. The van der Waals surface area contributed by atoms with Crippen LogP contribution in [-0.4, -0.2) is 12.1 Å². The van der Waals surface area contributed by atoms with Gasteiger partial charge in [-0.2, -0.15) is 0 Å². The highest BCUT2D eigenvalue weighted by atomic mass is 16.1. The Morgan fingerprint density at radius 1 is 1.50 bits per heavy atom. The molecule has 0 fully saturated rings. The normalized spacial score (nSPS) is 19.5. The van der Waals surface area contributed by atoms with Crippen molar-refractivity contribution >= 4 is 12.1 Å². The van der Waals surface area contributed by atoms with Crippen LogP contribution in [0.3, 0.4) is 0 Å². The summed E-state index contributed by atoms with van der Waals surface area (Å²) in [7, 11) is 0. The molecule has 0 saturated heterocycles. The van der Waals surface area contributed by atoms with E-state index in [0.29, 0.717) is 6.42 Å². The standard InChI is InChI=1S/C12H12O2/c1-8-3-2-4-10-11(8)7-9(5-6-13)12(10)14/h2-4,6,9H,5,7H2,1H3. The average molecular weight is 188 g/mol. The first-order valence-corrected chi connectivity index (χ1v) is 4.80. The molecule has 0 amide bonds. The summed E-state index contributed by atoms with van der Waals surface area (Å²) in [6.07, 6.45) is 1.93. The van der Waals surface area contributed by atoms with Crippen LogP contribution in [0.5, 0.6) is 0 Å². The van der Waals surface area contributed by atoms with Gasteiger partial charge in [-0.15, -0.1) is 0 Å². The van der Waals surface area contributed by atoms with E-state index in [2.05, 4.69) is 0 Å². The van der Waals surface area contributed by atoms with E-state index in [1.54, 1.807) is 0 Å². The second-order valence-electron chi connectivity index (χ2n) is 3.77. The van der Waals surface area contributed by atoms with Crippen LogP contribution in [0.25, 0.3) is 0 Å². The molecule has 72 valence electrons. The molecule has 1 atom stereocenters. The van der Waals surface area contributed by atoms with E-state index < -0.39 is 0 Å². The van der Waals surface area contributed by atoms with Crippen LogP contribution in [0.2, 0.25) is 0 Å². The van der Waals surface area contributed by atoms with Gasteiger partial charge in [-0.1, -0.05) is 18.2 Å². The van der Waals surface area contributed by atoms with E-state index in [4.69, 9.17) is 0 Å². The Morgan fingerprint density at radius 3 is 2.93 bits per heavy atom. The third-order valence-electron chi connectivity index (χ3n) is 2.88. The fourth-order valence-electron chi connectivity index (χ4n) is 2.07. The number of ketones is 1. The van der Waals surface area contributed by atoms with Crippen LogP contribution in [0.15, 0.2) is 18.2 Å². The van der Waals surface area contributed by atoms with Gasteiger partial charge in [0.05, 0.1) is 0 Å². The molecular formula is C12H12O2. The minimum absolute atomic E-state index is 0.108. The molecule has 0 saturated carbocycles. The fourth-order valence-corrected chi connectivity index (χ4v) is 2.07. The molecule has 1 aliphatic rings. The molecule has 0 heterocycles. The largest absolute Gasteiger partial charge is 0.303 e. The van der Waals surface area contributed by atoms with E-state index in [1.165, 1.54) is 0 Å². The van der Waals surface area contributed by atoms with Crippen LogP contribution in [-0.2, 0) is 11.2 Å². The summed E-state index contributed by atoms with van der Waals surface area (Å²) in [4.78, 5) is 22.2. The Hall–Kier alpha value is -1.44. The summed E-state index contributed by atoms with van der Waals surface area (Å²) in [5.41, 5.74) is 3.10. The monoisotopic (exact) mass is 188 g/mol. The number of Topliss-reactive ketones (excluding diaryl/α,β-unsaturated/α-hetero) is 1. The van der Waals surface area contributed by atoms with Crippen molar-refractivity contribution in [2.24, 2.45) is 5.92 Å². The molecule has 2 nitrogen and oxygen atoms in total. The van der Waals surface area contributed by atoms with E-state index in [0.717, 1.165) is 29.4 Å². The van der Waals surface area contributed by atoms with Gasteiger partial charge in [-0.25, -0.2) is 0 Å². The second kappa shape index (κ2) is 3.37. The van der Waals surface area contributed by atoms with Crippen LogP contribution >= 0.6 is 0 Å². The molecule has 1 aromatic rings. The van der Waals surface area contributed by atoms with Crippen molar-refractivity contribution in [3.05, 3.63) is 34.9 Å². The lowest BCUT2D eigenvalue weighted by molar-refractivity contribution is -0.108. The van der Waals surface area contributed by atoms with Crippen LogP contribution in [0.4, 0.5) is 0 Å². The van der Waals surface area contributed by atoms with E-state index in [1.807, 2.05) is 25.1 Å². The maximum atomic E-state index is 11.8. The fraction of sp³-hybridized carbons (Fsp3) is 0.333. The molecule has 14 heavy (non-hydrogen) atoms. The van der Waals surface area contributed by atoms with Gasteiger partial charge in [0.2, 0.25) is 0 Å². The summed E-state index contributed by atoms with van der Waals surface area (Å²) in [6, 6.07) is 5.76. The topological polar surface area (TPSA) is 34.1 Å². The zero-order chi connectivity index (χ0) is 10.1. The van der Waals surface area contributed by atoms with Crippen molar-refractivity contribution < 1.29 is 9.59 Å². The molecule has 0 radical (unpaired) electrons. The summed E-state index contributed by atoms with van der Waals surface area (Å²) in [5, 5.41) is 0. The molecule has 0 aliphatic heterocycles. The Morgan fingerprint density at radius 2 is 2.29 bits per heavy atom. The molecule has 1 aliphatic carbocycles. The van der Waals surface area contributed by atoms with Gasteiger partial charge in [0, 0.05) is 17.9 Å². The number of carbonyl (C=O) groups is 2. The van der Waals surface area contributed by atoms with Crippen LogP contribution in [0, 0.1) is 12.8 Å². The van der Waals surface area contributed by atoms with Crippen LogP contribution < -0.4 is 0 Å². The predicted octanol–water partition coefficient (Wildman–Crippen LogP) is 1.94. The highest BCUT2D eigenvalue weighted by Crippen LogP contribution is 2.30. The summed E-state index contributed by atoms with van der Waals surface area (Å²) < 4.78 is 0. The quantitative estimate of drug-likeness (QED) is 0.665. The third-order valence-corrected chi connectivity index (χ3v) is 2.88. The van der Waals surface area contributed by atoms with Gasteiger partial charge in [0.15, 0.2) is 5.78 Å². The van der Waals surface area contributed by atoms with Gasteiger partial charge in [0.1, 0.15) is 6.29 Å². The highest BCUT2D eigenvalue weighted by molar-refractivity contribution is 6.03. The SMILES string of the molecule is Cc1cccc2c1CC(CC=O)C2=O. The van der Waals surface area contributed by atoms with Gasteiger partial charge in [0.25, 0.3) is 0 Å². The molecule has 0 aromatic heterocycles. The van der Waals surface area contributed by atoms with Crippen molar-refractivity contribution in [3.63, 3.8) is 0 Å². The maximum absolute atomic E-state index is 11.8. The number of aryl methyl sites for hydroxylation is 1. The molecule has 2 rings (SSSR count). The van der Waals surface area contributed by atoms with Crippen molar-refractivity contribution in [1.29, 1.82) is 0 Å². The zero-order valence-electron chi connectivity index (χ0n) is 8.12. The van der Waals surface area contributed by atoms with E-state index in [9.17, 15) is 9.59 Å². The number of rotatable bonds is 2. The van der Waals surface area contributed by atoms with Gasteiger partial charge in [-0.3, -0.25) is 4.79 Å². The van der Waals surface area contributed by atoms with Crippen molar-refractivity contribution in [2.75, 3.05) is 0 Å². The van der Waals surface area contributed by atoms with E-state index in [-0.39, 0.29) is 11.7 Å². The zero-order valence-corrected chi connectivity index (χ0v) is 8.12. The molecule has 0 bridgehead atoms. The average Bonchev–Trinajstić information content (AvgIpc) is 2.48. The molecular weight excluding hydrogens is 176 g/mol. The van der Waals surface area contributed by atoms with Gasteiger partial charge >= 0.3 is 0 Å². The second-order valence-corrected chi connectivity index (χ2v) is 3.77. The Bertz CT molecular complexity index is 393. The third kappa shape index (κ3) is 1.27. The lowest BCUT2D eigenvalue weighted by atomic mass is 10.0. The Kier molecular flexibility index (Phi) is 2.20. The van der Waals surface area contributed by atoms with Gasteiger partial charge in [-0.05, 0) is 24.5 Å². The molecule has 0 N–H and O–H groups in total. The number of hydrogen-bond donors (Lipinski definition) is 0. The van der Waals surface area contributed by atoms with E-state index >= 15 is 0 Å². The Labute approximate surface area is 82.9 Å². The maximum Gasteiger partial charge on any atom is 0.166 e. The number of carbonyl (C=O) groups excluding carboxylic acids is 2. The number of benzene rings is 1. The van der Waals surface area contributed by atoms with Crippen LogP contribution in [0.1, 0.15) is 27.9 Å². The Balaban J connectivity index is 2.40. The van der Waals surface area contributed by atoms with Crippen molar-refractivity contribution in [2.45, 2.75) is 19.8 Å². The lowest BCUT2D eigenvalue weighted by Gasteiger charge is -2.00. The molecule has 0 spiro atoms. The van der Waals surface area contributed by atoms with Crippen molar-refractivity contribution in [3.8, 4) is 0 Å². The molecule has 1 aromatic carbocycles. The van der Waals surface area contributed by atoms with Crippen molar-refractivity contribution in [1.82, 2.24) is 0 Å². The summed E-state index contributed by atoms with van der Waals surface area (Å²) >= 11 is 0. The first-order valence-electron chi connectivity index (χ1n) is 4.80. The molecule has 2 heteroatoms. The number of aldehydes is 1. The minimum Gasteiger partial charge on any atom is -0.303 e. The number of fused-ring (bicyclic) bond motifs is 1. The lowest BCUT2D eigenvalue weighted by Crippen LogP contribution is -2.08. The smallest absolute Gasteiger partial charge is 0.166 e.